The number of carboxylic acid groups (broad SMARTS) is 1. The van der Waals surface area contributed by atoms with E-state index in [4.69, 9.17) is 9.52 Å². The van der Waals surface area contributed by atoms with Crippen molar-refractivity contribution in [3.63, 3.8) is 0 Å². The average molecular weight is 213 g/mol. The first-order valence-electron chi connectivity index (χ1n) is 4.27. The highest BCUT2D eigenvalue weighted by atomic mass is 16.5. The van der Waals surface area contributed by atoms with Gasteiger partial charge in [0.15, 0.2) is 0 Å². The molecule has 0 aliphatic carbocycles. The Labute approximate surface area is 85.8 Å². The predicted molar refractivity (Wildman–Crippen MR) is 49.0 cm³/mol. The summed E-state index contributed by atoms with van der Waals surface area (Å²) < 4.78 is 9.56. The Morgan fingerprint density at radius 1 is 1.47 bits per heavy atom. The highest BCUT2D eigenvalue weighted by Crippen LogP contribution is 1.98. The van der Waals surface area contributed by atoms with Crippen molar-refractivity contribution in [3.05, 3.63) is 24.2 Å². The number of rotatable bonds is 6. The van der Waals surface area contributed by atoms with Gasteiger partial charge in [-0.3, -0.25) is 4.79 Å². The number of carbonyl (C=O) groups is 2. The van der Waals surface area contributed by atoms with Crippen LogP contribution in [0.3, 0.4) is 0 Å². The number of furan rings is 1. The molecule has 0 saturated carbocycles. The molecule has 6 heteroatoms. The van der Waals surface area contributed by atoms with Gasteiger partial charge in [-0.15, -0.1) is 0 Å². The van der Waals surface area contributed by atoms with Crippen LogP contribution in [0.2, 0.25) is 0 Å². The molecule has 0 aromatic carbocycles. The Kier molecular flexibility index (Phi) is 4.36. The van der Waals surface area contributed by atoms with Crippen LogP contribution in [0.25, 0.3) is 0 Å². The molecule has 2 N–H and O–H groups in total. The summed E-state index contributed by atoms with van der Waals surface area (Å²) >= 11 is 0. The largest absolute Gasteiger partial charge is 0.480 e. The van der Waals surface area contributed by atoms with Crippen LogP contribution in [0.1, 0.15) is 5.76 Å². The van der Waals surface area contributed by atoms with Crippen molar-refractivity contribution in [1.82, 2.24) is 5.32 Å². The summed E-state index contributed by atoms with van der Waals surface area (Å²) in [6.07, 6.45) is 1.50. The van der Waals surface area contributed by atoms with Gasteiger partial charge in [0, 0.05) is 0 Å². The van der Waals surface area contributed by atoms with Crippen LogP contribution in [0.15, 0.2) is 22.8 Å². The molecule has 0 aliphatic heterocycles. The second-order valence-corrected chi connectivity index (χ2v) is 2.74. The number of nitrogens with one attached hydrogen (secondary N) is 1. The van der Waals surface area contributed by atoms with Gasteiger partial charge in [-0.25, -0.2) is 4.79 Å². The average Bonchev–Trinajstić information content (AvgIpc) is 2.66. The molecule has 0 aliphatic rings. The van der Waals surface area contributed by atoms with Crippen molar-refractivity contribution in [2.45, 2.75) is 6.54 Å². The van der Waals surface area contributed by atoms with Gasteiger partial charge in [-0.1, -0.05) is 0 Å². The number of carboxylic acids is 1. The number of hydrogen-bond donors (Lipinski definition) is 2. The Morgan fingerprint density at radius 2 is 2.27 bits per heavy atom. The van der Waals surface area contributed by atoms with Crippen LogP contribution < -0.4 is 5.32 Å². The molecule has 0 saturated heterocycles. The van der Waals surface area contributed by atoms with E-state index in [-0.39, 0.29) is 19.1 Å². The monoisotopic (exact) mass is 213 g/mol. The molecule has 1 aromatic heterocycles. The van der Waals surface area contributed by atoms with Crippen LogP contribution in [0.4, 0.5) is 0 Å². The molecule has 82 valence electrons. The summed E-state index contributed by atoms with van der Waals surface area (Å²) in [5.74, 6) is -0.858. The molecule has 1 rings (SSSR count). The molecule has 0 spiro atoms. The number of aliphatic carboxylic acids is 1. The lowest BCUT2D eigenvalue weighted by atomic mass is 10.4. The summed E-state index contributed by atoms with van der Waals surface area (Å²) in [5, 5.41) is 10.7. The highest BCUT2D eigenvalue weighted by Gasteiger charge is 2.04. The van der Waals surface area contributed by atoms with E-state index < -0.39 is 12.6 Å². The topological polar surface area (TPSA) is 88.8 Å². The number of amides is 1. The van der Waals surface area contributed by atoms with Crippen molar-refractivity contribution in [2.75, 3.05) is 13.2 Å². The third-order valence-electron chi connectivity index (χ3n) is 1.50. The van der Waals surface area contributed by atoms with Crippen LogP contribution in [0, 0.1) is 0 Å². The Bertz CT molecular complexity index is 319. The van der Waals surface area contributed by atoms with Gasteiger partial charge >= 0.3 is 5.97 Å². The zero-order valence-electron chi connectivity index (χ0n) is 7.93. The van der Waals surface area contributed by atoms with Gasteiger partial charge in [0.05, 0.1) is 12.8 Å². The molecule has 0 bridgehead atoms. The van der Waals surface area contributed by atoms with Gasteiger partial charge in [-0.2, -0.15) is 0 Å². The maximum atomic E-state index is 11.0. The van der Waals surface area contributed by atoms with Crippen LogP contribution in [-0.2, 0) is 20.9 Å². The number of ether oxygens (including phenoxy) is 1. The summed E-state index contributed by atoms with van der Waals surface area (Å²) in [6.45, 7) is -0.483. The maximum absolute atomic E-state index is 11.0. The fraction of sp³-hybridized carbons (Fsp3) is 0.333. The van der Waals surface area contributed by atoms with E-state index in [2.05, 4.69) is 10.1 Å². The second kappa shape index (κ2) is 5.82. The molecular formula is C9H11NO5. The molecule has 0 radical (unpaired) electrons. The normalized spacial score (nSPS) is 9.87. The smallest absolute Gasteiger partial charge is 0.329 e. The predicted octanol–water partition coefficient (Wildman–Crippen LogP) is -0.00300. The van der Waals surface area contributed by atoms with Gasteiger partial charge in [0.25, 0.3) is 0 Å². The number of hydrogen-bond acceptors (Lipinski definition) is 4. The molecule has 6 nitrogen and oxygen atoms in total. The highest BCUT2D eigenvalue weighted by molar-refractivity contribution is 5.77. The number of carbonyl (C=O) groups excluding carboxylic acids is 1. The van der Waals surface area contributed by atoms with Crippen molar-refractivity contribution in [2.24, 2.45) is 0 Å². The van der Waals surface area contributed by atoms with Gasteiger partial charge in [0.2, 0.25) is 5.91 Å². The SMILES string of the molecule is O=C(O)COCC(=O)NCc1ccco1. The zero-order valence-corrected chi connectivity index (χ0v) is 7.93. The molecule has 0 unspecified atom stereocenters. The van der Waals surface area contributed by atoms with Gasteiger partial charge in [-0.05, 0) is 12.1 Å². The van der Waals surface area contributed by atoms with E-state index in [1.807, 2.05) is 0 Å². The molecule has 1 amide bonds. The maximum Gasteiger partial charge on any atom is 0.329 e. The first-order chi connectivity index (χ1) is 7.18. The quantitative estimate of drug-likeness (QED) is 0.694. The van der Waals surface area contributed by atoms with Gasteiger partial charge in [0.1, 0.15) is 19.0 Å². The minimum Gasteiger partial charge on any atom is -0.480 e. The summed E-state index contributed by atoms with van der Waals surface area (Å²) in [7, 11) is 0. The molecular weight excluding hydrogens is 202 g/mol. The summed E-state index contributed by atoms with van der Waals surface area (Å²) in [6, 6.07) is 3.43. The lowest BCUT2D eigenvalue weighted by molar-refractivity contribution is -0.143. The van der Waals surface area contributed by atoms with Crippen LogP contribution in [-0.4, -0.2) is 30.2 Å². The van der Waals surface area contributed by atoms with E-state index in [0.29, 0.717) is 5.76 Å². The molecule has 0 atom stereocenters. The molecule has 1 aromatic rings. The third-order valence-corrected chi connectivity index (χ3v) is 1.50. The Balaban J connectivity index is 2.11. The minimum atomic E-state index is -1.10. The van der Waals surface area contributed by atoms with Crippen molar-refractivity contribution in [1.29, 1.82) is 0 Å². The fourth-order valence-electron chi connectivity index (χ4n) is 0.881. The zero-order chi connectivity index (χ0) is 11.1. The summed E-state index contributed by atoms with van der Waals surface area (Å²) in [5.41, 5.74) is 0. The van der Waals surface area contributed by atoms with E-state index in [9.17, 15) is 9.59 Å². The molecule has 15 heavy (non-hydrogen) atoms. The Morgan fingerprint density at radius 3 is 2.87 bits per heavy atom. The van der Waals surface area contributed by atoms with E-state index >= 15 is 0 Å². The van der Waals surface area contributed by atoms with Crippen molar-refractivity contribution >= 4 is 11.9 Å². The lowest BCUT2D eigenvalue weighted by Crippen LogP contribution is -2.27. The summed E-state index contributed by atoms with van der Waals surface area (Å²) in [4.78, 5) is 21.1. The van der Waals surface area contributed by atoms with Crippen molar-refractivity contribution in [3.8, 4) is 0 Å². The van der Waals surface area contributed by atoms with Crippen LogP contribution in [0.5, 0.6) is 0 Å². The van der Waals surface area contributed by atoms with E-state index in [1.54, 1.807) is 12.1 Å². The molecule has 0 fully saturated rings. The second-order valence-electron chi connectivity index (χ2n) is 2.74. The third kappa shape index (κ3) is 4.82. The first kappa shape index (κ1) is 11.3. The van der Waals surface area contributed by atoms with E-state index in [1.165, 1.54) is 6.26 Å². The van der Waals surface area contributed by atoms with Gasteiger partial charge < -0.3 is 19.6 Å². The lowest BCUT2D eigenvalue weighted by Gasteiger charge is -2.02. The first-order valence-corrected chi connectivity index (χ1v) is 4.27. The Hall–Kier alpha value is -1.82. The fourth-order valence-corrected chi connectivity index (χ4v) is 0.881. The standard InChI is InChI=1S/C9H11NO5/c11-8(5-14-6-9(12)13)10-4-7-2-1-3-15-7/h1-3H,4-6H2,(H,10,11)(H,12,13). The van der Waals surface area contributed by atoms with Crippen molar-refractivity contribution < 1.29 is 23.8 Å². The minimum absolute atomic E-state index is 0.266. The van der Waals surface area contributed by atoms with Crippen LogP contribution >= 0.6 is 0 Å². The molecule has 1 heterocycles. The van der Waals surface area contributed by atoms with E-state index in [0.717, 1.165) is 0 Å².